The third kappa shape index (κ3) is 9.52. The summed E-state index contributed by atoms with van der Waals surface area (Å²) in [6, 6.07) is 17.8. The highest BCUT2D eigenvalue weighted by molar-refractivity contribution is 5.97. The molecular formula is C34H45N5O3. The number of carbonyl (C=O) groups excluding carboxylic acids is 2. The first-order valence-electron chi connectivity index (χ1n) is 15.0. The Kier molecular flexibility index (Phi) is 10.9. The van der Waals surface area contributed by atoms with E-state index >= 15 is 0 Å². The number of nitrogens with one attached hydrogen (secondary N) is 2. The molecule has 1 saturated heterocycles. The molecule has 0 spiro atoms. The summed E-state index contributed by atoms with van der Waals surface area (Å²) in [5, 5.41) is 15.5. The lowest BCUT2D eigenvalue weighted by molar-refractivity contribution is -0.118. The highest BCUT2D eigenvalue weighted by Gasteiger charge is 2.30. The standard InChI is InChI=1S/C34H45N5O3/c1-34(2,3)20-29(21-35)33(41)37-30-9-6-10-31(30)42-24-27-8-5-7-26(19-27)22-36-32(40)28-13-11-25(12-14-28)23-39-17-15-38(4)16-18-39/h5,7-8,11-14,19-20,30-31H,6,9-10,15-18,22-24H2,1-4H3,(H,36,40)(H,37,41)/b29-20+/t30-,31+/m0/s1. The number of allylic oxidation sites excluding steroid dienone is 1. The number of nitriles is 1. The van der Waals surface area contributed by atoms with Crippen molar-refractivity contribution in [2.75, 3.05) is 33.2 Å². The van der Waals surface area contributed by atoms with Crippen molar-refractivity contribution in [3.05, 3.63) is 82.4 Å². The van der Waals surface area contributed by atoms with E-state index in [4.69, 9.17) is 4.74 Å². The van der Waals surface area contributed by atoms with Crippen molar-refractivity contribution >= 4 is 11.8 Å². The van der Waals surface area contributed by atoms with Crippen molar-refractivity contribution in [2.45, 2.75) is 71.9 Å². The van der Waals surface area contributed by atoms with E-state index in [2.05, 4.69) is 27.5 Å². The molecule has 0 unspecified atom stereocenters. The summed E-state index contributed by atoms with van der Waals surface area (Å²) in [7, 11) is 2.16. The number of hydrogen-bond acceptors (Lipinski definition) is 6. The first-order chi connectivity index (χ1) is 20.1. The minimum absolute atomic E-state index is 0.0930. The van der Waals surface area contributed by atoms with Gasteiger partial charge in [0.25, 0.3) is 11.8 Å². The van der Waals surface area contributed by atoms with E-state index in [0.717, 1.165) is 63.1 Å². The van der Waals surface area contributed by atoms with Gasteiger partial charge in [-0.2, -0.15) is 5.26 Å². The fraction of sp³-hybridized carbons (Fsp3) is 0.500. The predicted octanol–water partition coefficient (Wildman–Crippen LogP) is 4.41. The zero-order valence-corrected chi connectivity index (χ0v) is 25.5. The molecule has 2 aromatic rings. The fourth-order valence-corrected chi connectivity index (χ4v) is 5.46. The van der Waals surface area contributed by atoms with Crippen LogP contribution >= 0.6 is 0 Å². The van der Waals surface area contributed by atoms with Crippen LogP contribution in [-0.2, 0) is 29.2 Å². The van der Waals surface area contributed by atoms with Crippen molar-refractivity contribution in [2.24, 2.45) is 5.41 Å². The number of carbonyl (C=O) groups is 2. The lowest BCUT2D eigenvalue weighted by atomic mass is 9.93. The maximum absolute atomic E-state index is 12.8. The molecular weight excluding hydrogens is 526 g/mol. The third-order valence-corrected chi connectivity index (χ3v) is 7.84. The van der Waals surface area contributed by atoms with Crippen LogP contribution in [-0.4, -0.2) is 67.0 Å². The second-order valence-electron chi connectivity index (χ2n) is 12.7. The highest BCUT2D eigenvalue weighted by atomic mass is 16.5. The maximum Gasteiger partial charge on any atom is 0.261 e. The Balaban J connectivity index is 1.24. The van der Waals surface area contributed by atoms with Gasteiger partial charge in [-0.3, -0.25) is 14.5 Å². The lowest BCUT2D eigenvalue weighted by Crippen LogP contribution is -2.43. The average molecular weight is 572 g/mol. The molecule has 0 bridgehead atoms. The van der Waals surface area contributed by atoms with E-state index in [1.54, 1.807) is 6.08 Å². The first-order valence-corrected chi connectivity index (χ1v) is 15.0. The number of nitrogens with zero attached hydrogens (tertiary/aromatic N) is 3. The molecule has 2 amide bonds. The zero-order chi connectivity index (χ0) is 30.1. The summed E-state index contributed by atoms with van der Waals surface area (Å²) < 4.78 is 6.23. The number of rotatable bonds is 10. The first kappa shape index (κ1) is 31.4. The average Bonchev–Trinajstić information content (AvgIpc) is 3.41. The Labute approximate surface area is 250 Å². The quantitative estimate of drug-likeness (QED) is 0.324. The van der Waals surface area contributed by atoms with Gasteiger partial charge in [0.05, 0.1) is 18.8 Å². The topological polar surface area (TPSA) is 97.7 Å². The van der Waals surface area contributed by atoms with Crippen LogP contribution in [0.1, 0.15) is 67.1 Å². The van der Waals surface area contributed by atoms with Crippen LogP contribution in [0.25, 0.3) is 0 Å². The Morgan fingerprint density at radius 1 is 1.02 bits per heavy atom. The Morgan fingerprint density at radius 3 is 2.43 bits per heavy atom. The fourth-order valence-electron chi connectivity index (χ4n) is 5.46. The van der Waals surface area contributed by atoms with E-state index in [9.17, 15) is 14.9 Å². The van der Waals surface area contributed by atoms with Gasteiger partial charge in [-0.25, -0.2) is 0 Å². The summed E-state index contributed by atoms with van der Waals surface area (Å²) in [5.74, 6) is -0.431. The molecule has 2 atom stereocenters. The van der Waals surface area contributed by atoms with Crippen LogP contribution in [0.2, 0.25) is 0 Å². The minimum Gasteiger partial charge on any atom is -0.371 e. The predicted molar refractivity (Wildman–Crippen MR) is 164 cm³/mol. The van der Waals surface area contributed by atoms with Crippen LogP contribution in [0.4, 0.5) is 0 Å². The largest absolute Gasteiger partial charge is 0.371 e. The molecule has 4 rings (SSSR count). The molecule has 1 aliphatic heterocycles. The minimum atomic E-state index is -0.338. The Morgan fingerprint density at radius 2 is 1.74 bits per heavy atom. The molecule has 1 heterocycles. The Bertz CT molecular complexity index is 1280. The number of hydrogen-bond donors (Lipinski definition) is 2. The molecule has 1 aliphatic carbocycles. The molecule has 2 fully saturated rings. The molecule has 42 heavy (non-hydrogen) atoms. The summed E-state index contributed by atoms with van der Waals surface area (Å²) in [6.45, 7) is 12.0. The number of benzene rings is 2. The van der Waals surface area contributed by atoms with Gasteiger partial charge in [0, 0.05) is 44.8 Å². The van der Waals surface area contributed by atoms with Crippen LogP contribution in [0, 0.1) is 16.7 Å². The van der Waals surface area contributed by atoms with Crippen molar-refractivity contribution in [1.82, 2.24) is 20.4 Å². The van der Waals surface area contributed by atoms with Crippen LogP contribution in [0.15, 0.2) is 60.2 Å². The van der Waals surface area contributed by atoms with Crippen molar-refractivity contribution in [3.8, 4) is 6.07 Å². The van der Waals surface area contributed by atoms with E-state index < -0.39 is 0 Å². The second kappa shape index (κ2) is 14.6. The number of piperazine rings is 1. The van der Waals surface area contributed by atoms with Gasteiger partial charge in [-0.1, -0.05) is 63.2 Å². The van der Waals surface area contributed by atoms with Gasteiger partial charge in [0.1, 0.15) is 11.6 Å². The van der Waals surface area contributed by atoms with Crippen molar-refractivity contribution in [1.29, 1.82) is 5.26 Å². The van der Waals surface area contributed by atoms with Gasteiger partial charge in [0.15, 0.2) is 0 Å². The third-order valence-electron chi connectivity index (χ3n) is 7.84. The van der Waals surface area contributed by atoms with E-state index in [-0.39, 0.29) is 34.9 Å². The number of likely N-dealkylation sites (N-methyl/N-ethyl adjacent to an activating group) is 1. The van der Waals surface area contributed by atoms with Gasteiger partial charge in [-0.05, 0) is 60.5 Å². The number of ether oxygens (including phenoxy) is 1. The smallest absolute Gasteiger partial charge is 0.261 e. The number of amides is 2. The normalized spacial score (nSPS) is 20.2. The summed E-state index contributed by atoms with van der Waals surface area (Å²) in [6.07, 6.45) is 4.25. The summed E-state index contributed by atoms with van der Waals surface area (Å²) in [5.41, 5.74) is 3.77. The SMILES string of the molecule is CN1CCN(Cc2ccc(C(=O)NCc3cccc(CO[C@@H]4CCC[C@@H]4NC(=O)/C(C#N)=C/C(C)(C)C)c3)cc2)CC1. The molecule has 2 N–H and O–H groups in total. The van der Waals surface area contributed by atoms with Crippen LogP contribution in [0.5, 0.6) is 0 Å². The van der Waals surface area contributed by atoms with Crippen LogP contribution < -0.4 is 10.6 Å². The summed E-state index contributed by atoms with van der Waals surface area (Å²) in [4.78, 5) is 30.3. The van der Waals surface area contributed by atoms with E-state index in [0.29, 0.717) is 18.7 Å². The second-order valence-corrected chi connectivity index (χ2v) is 12.7. The molecule has 224 valence electrons. The molecule has 0 aromatic heterocycles. The van der Waals surface area contributed by atoms with E-state index in [1.165, 1.54) is 5.56 Å². The van der Waals surface area contributed by atoms with E-state index in [1.807, 2.05) is 75.4 Å². The van der Waals surface area contributed by atoms with Crippen molar-refractivity contribution < 1.29 is 14.3 Å². The van der Waals surface area contributed by atoms with Gasteiger partial charge >= 0.3 is 0 Å². The zero-order valence-electron chi connectivity index (χ0n) is 25.5. The monoisotopic (exact) mass is 571 g/mol. The van der Waals surface area contributed by atoms with Gasteiger partial charge in [0.2, 0.25) is 0 Å². The van der Waals surface area contributed by atoms with Crippen molar-refractivity contribution in [3.63, 3.8) is 0 Å². The Hall–Kier alpha value is -3.51. The lowest BCUT2D eigenvalue weighted by Gasteiger charge is -2.32. The molecule has 2 aliphatic rings. The van der Waals surface area contributed by atoms with Gasteiger partial charge in [-0.15, -0.1) is 0 Å². The molecule has 8 nitrogen and oxygen atoms in total. The summed E-state index contributed by atoms with van der Waals surface area (Å²) >= 11 is 0. The highest BCUT2D eigenvalue weighted by Crippen LogP contribution is 2.25. The molecule has 0 radical (unpaired) electrons. The molecule has 8 heteroatoms. The van der Waals surface area contributed by atoms with Gasteiger partial charge < -0.3 is 20.3 Å². The maximum atomic E-state index is 12.8. The molecule has 2 aromatic carbocycles. The molecule has 1 saturated carbocycles. The van der Waals surface area contributed by atoms with Crippen LogP contribution in [0.3, 0.4) is 0 Å².